The maximum atomic E-state index is 14.6. The number of carbonyl (C=O) groups excluding carboxylic acids is 2. The second kappa shape index (κ2) is 15.3. The number of hydrogen-bond donors (Lipinski definition) is 2. The van der Waals surface area contributed by atoms with Crippen LogP contribution in [0.4, 0.5) is 8.78 Å². The van der Waals surface area contributed by atoms with Gasteiger partial charge in [0.25, 0.3) is 11.8 Å². The minimum Gasteiger partial charge on any atom is -0.348 e. The zero-order valence-electron chi connectivity index (χ0n) is 22.2. The van der Waals surface area contributed by atoms with Crippen LogP contribution in [0.2, 0.25) is 0 Å². The minimum absolute atomic E-state index is 0.0462. The molecule has 2 aromatic carbocycles. The molecule has 0 saturated carbocycles. The van der Waals surface area contributed by atoms with Crippen molar-refractivity contribution in [1.29, 1.82) is 0 Å². The SMILES string of the molecule is [CH2][C]([C@H](c1ccc(S(C)(=O)=O)cc1)[C@@H](CF)NC(=O)C(Cl)Cl)[C@H](c1ccc(S(C)(=O)=O)cc1)[C@@H](CF)NC(=O)C(Cl)Cl. The Bertz CT molecular complexity index is 1330. The molecular weight excluding hydrogens is 680 g/mol. The summed E-state index contributed by atoms with van der Waals surface area (Å²) in [6.45, 7) is 1.70. The maximum Gasteiger partial charge on any atom is 0.253 e. The number of benzene rings is 2. The zero-order valence-corrected chi connectivity index (χ0v) is 26.9. The van der Waals surface area contributed by atoms with Gasteiger partial charge in [-0.25, -0.2) is 25.6 Å². The van der Waals surface area contributed by atoms with Crippen LogP contribution < -0.4 is 10.6 Å². The molecule has 0 spiro atoms. The molecule has 2 aromatic rings. The highest BCUT2D eigenvalue weighted by Crippen LogP contribution is 2.42. The molecule has 2 rings (SSSR count). The average molecular weight is 708 g/mol. The second-order valence-corrected chi connectivity index (χ2v) is 15.6. The van der Waals surface area contributed by atoms with Gasteiger partial charge in [-0.15, -0.1) is 0 Å². The van der Waals surface area contributed by atoms with Crippen molar-refractivity contribution < 1.29 is 35.2 Å². The van der Waals surface area contributed by atoms with Crippen molar-refractivity contribution in [1.82, 2.24) is 10.6 Å². The van der Waals surface area contributed by atoms with Crippen LogP contribution in [-0.4, -0.2) is 76.3 Å². The average Bonchev–Trinajstić information content (AvgIpc) is 2.91. The van der Waals surface area contributed by atoms with Gasteiger partial charge in [-0.1, -0.05) is 70.7 Å². The van der Waals surface area contributed by atoms with E-state index in [-0.39, 0.29) is 26.8 Å². The highest BCUT2D eigenvalue weighted by molar-refractivity contribution is 7.91. The van der Waals surface area contributed by atoms with Gasteiger partial charge in [-0.3, -0.25) is 9.59 Å². The predicted octanol–water partition coefficient (Wildman–Crippen LogP) is 4.29. The zero-order chi connectivity index (χ0) is 32.0. The number of alkyl halides is 6. The summed E-state index contributed by atoms with van der Waals surface area (Å²) >= 11 is 22.7. The van der Waals surface area contributed by atoms with Crippen LogP contribution in [0, 0.1) is 12.8 Å². The number of nitrogens with one attached hydrogen (secondary N) is 2. The lowest BCUT2D eigenvalue weighted by atomic mass is 9.70. The van der Waals surface area contributed by atoms with E-state index in [0.29, 0.717) is 0 Å². The van der Waals surface area contributed by atoms with Crippen molar-refractivity contribution >= 4 is 77.9 Å². The van der Waals surface area contributed by atoms with Gasteiger partial charge in [0.05, 0.1) is 21.9 Å². The van der Waals surface area contributed by atoms with Gasteiger partial charge < -0.3 is 10.6 Å². The molecule has 2 N–H and O–H groups in total. The molecule has 2 radical (unpaired) electrons. The molecule has 42 heavy (non-hydrogen) atoms. The summed E-state index contributed by atoms with van der Waals surface area (Å²) in [5.74, 6) is -4.17. The Hall–Kier alpha value is -1.70. The van der Waals surface area contributed by atoms with Gasteiger partial charge in [0.1, 0.15) is 13.3 Å². The molecule has 0 unspecified atom stereocenters. The summed E-state index contributed by atoms with van der Waals surface area (Å²) in [7, 11) is -7.22. The van der Waals surface area contributed by atoms with Crippen molar-refractivity contribution in [3.05, 3.63) is 72.5 Å². The van der Waals surface area contributed by atoms with E-state index in [1.807, 2.05) is 0 Å². The van der Waals surface area contributed by atoms with Crippen LogP contribution in [0.1, 0.15) is 23.0 Å². The van der Waals surface area contributed by atoms with Crippen molar-refractivity contribution in [2.75, 3.05) is 25.9 Å². The van der Waals surface area contributed by atoms with E-state index >= 15 is 0 Å². The first kappa shape index (κ1) is 36.5. The molecule has 4 atom stereocenters. The lowest BCUT2D eigenvalue weighted by Crippen LogP contribution is -2.49. The van der Waals surface area contributed by atoms with E-state index in [1.165, 1.54) is 48.5 Å². The summed E-state index contributed by atoms with van der Waals surface area (Å²) in [6.07, 6.45) is 1.99. The van der Waals surface area contributed by atoms with E-state index in [2.05, 4.69) is 17.6 Å². The molecule has 2 amide bonds. The van der Waals surface area contributed by atoms with Gasteiger partial charge in [-0.05, 0) is 48.2 Å². The normalized spacial score (nSPS) is 15.3. The Labute approximate surface area is 264 Å². The second-order valence-electron chi connectivity index (χ2n) is 9.35. The predicted molar refractivity (Wildman–Crippen MR) is 160 cm³/mol. The van der Waals surface area contributed by atoms with Crippen LogP contribution >= 0.6 is 46.4 Å². The van der Waals surface area contributed by atoms with Crippen molar-refractivity contribution in [2.24, 2.45) is 0 Å². The van der Waals surface area contributed by atoms with Gasteiger partial charge in [0.2, 0.25) is 0 Å². The van der Waals surface area contributed by atoms with Crippen molar-refractivity contribution in [3.63, 3.8) is 0 Å². The first-order valence-electron chi connectivity index (χ1n) is 12.0. The highest BCUT2D eigenvalue weighted by Gasteiger charge is 2.40. The van der Waals surface area contributed by atoms with Crippen LogP contribution in [0.15, 0.2) is 58.3 Å². The van der Waals surface area contributed by atoms with E-state index in [0.717, 1.165) is 12.5 Å². The first-order valence-corrected chi connectivity index (χ1v) is 17.5. The van der Waals surface area contributed by atoms with E-state index in [9.17, 15) is 35.2 Å². The third-order valence-corrected chi connectivity index (χ3v) is 9.37. The standard InChI is InChI=1S/C26H28Cl4F2N2O6S2/c1-14(21(19(12-31)33-25(35)23(27)28)15-4-8-17(9-5-15)41(2,37)38)22(20(13-32)34-26(36)24(29)30)16-6-10-18(11-7-16)42(3,39)40/h4-11,19-24H,1,12-13H2,2-3H3,(H,33,35)(H,34,36)/t19-,20-,21-,22-/m1/s1. The van der Waals surface area contributed by atoms with E-state index < -0.39 is 78.4 Å². The molecular formula is C26H28Cl4F2N2O6S2. The Morgan fingerprint density at radius 3 is 1.19 bits per heavy atom. The quantitative estimate of drug-likeness (QED) is 0.283. The summed E-state index contributed by atoms with van der Waals surface area (Å²) < 4.78 is 77.3. The Balaban J connectivity index is 2.78. The number of carbonyl (C=O) groups is 2. The van der Waals surface area contributed by atoms with Crippen LogP contribution in [0.25, 0.3) is 0 Å². The lowest BCUT2D eigenvalue weighted by molar-refractivity contribution is -0.121. The fraction of sp³-hybridized carbons (Fsp3) is 0.385. The lowest BCUT2D eigenvalue weighted by Gasteiger charge is -2.39. The Kier molecular flexibility index (Phi) is 13.3. The van der Waals surface area contributed by atoms with Gasteiger partial charge in [0, 0.05) is 24.3 Å². The topological polar surface area (TPSA) is 126 Å². The number of rotatable bonds is 14. The van der Waals surface area contributed by atoms with Crippen LogP contribution in [-0.2, 0) is 29.3 Å². The maximum absolute atomic E-state index is 14.6. The summed E-state index contributed by atoms with van der Waals surface area (Å²) in [4.78, 5) is 21.5. The Morgan fingerprint density at radius 1 is 0.690 bits per heavy atom. The molecule has 0 bridgehead atoms. The summed E-state index contributed by atoms with van der Waals surface area (Å²) in [5.41, 5.74) is 0.538. The van der Waals surface area contributed by atoms with Crippen molar-refractivity contribution in [2.45, 2.75) is 43.4 Å². The number of halogens is 6. The molecule has 16 heteroatoms. The van der Waals surface area contributed by atoms with Gasteiger partial charge >= 0.3 is 0 Å². The van der Waals surface area contributed by atoms with Gasteiger partial charge in [0.15, 0.2) is 29.3 Å². The first-order chi connectivity index (χ1) is 19.4. The third kappa shape index (κ3) is 9.65. The Morgan fingerprint density at radius 2 is 0.976 bits per heavy atom. The largest absolute Gasteiger partial charge is 0.348 e. The molecule has 0 aliphatic carbocycles. The van der Waals surface area contributed by atoms with Gasteiger partial charge in [-0.2, -0.15) is 0 Å². The molecule has 232 valence electrons. The number of amides is 2. The molecule has 0 aromatic heterocycles. The summed E-state index contributed by atoms with van der Waals surface area (Å²) in [6, 6.07) is 7.79. The molecule has 0 aliphatic rings. The van der Waals surface area contributed by atoms with E-state index in [1.54, 1.807) is 0 Å². The molecule has 0 saturated heterocycles. The van der Waals surface area contributed by atoms with Crippen molar-refractivity contribution in [3.8, 4) is 0 Å². The molecule has 0 heterocycles. The number of hydrogen-bond acceptors (Lipinski definition) is 6. The smallest absolute Gasteiger partial charge is 0.253 e. The number of sulfone groups is 2. The van der Waals surface area contributed by atoms with Crippen LogP contribution in [0.5, 0.6) is 0 Å². The third-order valence-electron chi connectivity index (χ3n) is 6.32. The fourth-order valence-corrected chi connectivity index (χ4v) is 5.87. The van der Waals surface area contributed by atoms with E-state index in [4.69, 9.17) is 46.4 Å². The molecule has 0 fully saturated rings. The minimum atomic E-state index is -3.61. The highest BCUT2D eigenvalue weighted by atomic mass is 35.5. The fourth-order valence-electron chi connectivity index (χ4n) is 4.36. The molecule has 0 aliphatic heterocycles. The summed E-state index contributed by atoms with van der Waals surface area (Å²) in [5, 5.41) is 4.76. The molecule has 8 nitrogen and oxygen atoms in total. The monoisotopic (exact) mass is 706 g/mol. The van der Waals surface area contributed by atoms with Crippen LogP contribution in [0.3, 0.4) is 0 Å².